The highest BCUT2D eigenvalue weighted by Gasteiger charge is 2.15. The summed E-state index contributed by atoms with van der Waals surface area (Å²) in [7, 11) is 3.13. The predicted molar refractivity (Wildman–Crippen MR) is 151 cm³/mol. The van der Waals surface area contributed by atoms with Crippen LogP contribution in [-0.4, -0.2) is 46.6 Å². The van der Waals surface area contributed by atoms with Crippen molar-refractivity contribution >= 4 is 35.3 Å². The van der Waals surface area contributed by atoms with Gasteiger partial charge in [0.25, 0.3) is 0 Å². The molecule has 3 aromatic rings. The second-order valence-corrected chi connectivity index (χ2v) is 9.52. The Kier molecular flexibility index (Phi) is 10.1. The average Bonchev–Trinajstić information content (AvgIpc) is 3.28. The molecule has 0 aliphatic carbocycles. The van der Waals surface area contributed by atoms with Crippen molar-refractivity contribution in [2.75, 3.05) is 25.3 Å². The van der Waals surface area contributed by atoms with Gasteiger partial charge in [-0.15, -0.1) is 16.8 Å². The van der Waals surface area contributed by atoms with Crippen LogP contribution in [0.1, 0.15) is 28.1 Å². The number of amides is 2. The molecule has 0 saturated heterocycles. The summed E-state index contributed by atoms with van der Waals surface area (Å²) in [4.78, 5) is 25.1. The van der Waals surface area contributed by atoms with Crippen LogP contribution in [0.25, 0.3) is 6.08 Å². The molecule has 0 fully saturated rings. The number of allylic oxidation sites excluding steroid dienone is 1. The summed E-state index contributed by atoms with van der Waals surface area (Å²) in [6.07, 6.45) is 4.84. The molecule has 2 N–H and O–H groups in total. The third-order valence-corrected chi connectivity index (χ3v) is 6.60. The van der Waals surface area contributed by atoms with Crippen LogP contribution in [0.4, 0.5) is 5.69 Å². The van der Waals surface area contributed by atoms with Crippen LogP contribution >= 0.6 is 11.8 Å². The largest absolute Gasteiger partial charge is 0.493 e. The second kappa shape index (κ2) is 13.5. The number of nitrogens with one attached hydrogen (secondary N) is 2. The van der Waals surface area contributed by atoms with Gasteiger partial charge in [-0.05, 0) is 55.7 Å². The van der Waals surface area contributed by atoms with Gasteiger partial charge in [0.2, 0.25) is 11.8 Å². The van der Waals surface area contributed by atoms with Crippen LogP contribution in [0.3, 0.4) is 0 Å². The molecule has 0 radical (unpaired) electrons. The molecule has 3 rings (SSSR count). The third kappa shape index (κ3) is 7.48. The number of rotatable bonds is 12. The van der Waals surface area contributed by atoms with E-state index in [0.717, 1.165) is 27.9 Å². The number of anilines is 1. The molecule has 0 bridgehead atoms. The molecule has 10 heteroatoms. The monoisotopic (exact) mass is 535 g/mol. The maximum absolute atomic E-state index is 12.6. The highest BCUT2D eigenvalue weighted by molar-refractivity contribution is 7.99. The van der Waals surface area contributed by atoms with Gasteiger partial charge in [0.1, 0.15) is 0 Å². The maximum atomic E-state index is 12.6. The molecular formula is C28H33N5O4S. The lowest BCUT2D eigenvalue weighted by atomic mass is 10.1. The zero-order valence-electron chi connectivity index (χ0n) is 22.3. The summed E-state index contributed by atoms with van der Waals surface area (Å²) >= 11 is 1.28. The molecule has 200 valence electrons. The van der Waals surface area contributed by atoms with Crippen molar-refractivity contribution < 1.29 is 19.1 Å². The molecule has 2 amide bonds. The third-order valence-electron chi connectivity index (χ3n) is 5.63. The van der Waals surface area contributed by atoms with Crippen molar-refractivity contribution in [3.63, 3.8) is 0 Å². The molecule has 0 saturated carbocycles. The zero-order chi connectivity index (χ0) is 27.7. The van der Waals surface area contributed by atoms with Gasteiger partial charge in [0, 0.05) is 18.3 Å². The van der Waals surface area contributed by atoms with Crippen LogP contribution < -0.4 is 20.1 Å². The van der Waals surface area contributed by atoms with E-state index in [9.17, 15) is 9.59 Å². The summed E-state index contributed by atoms with van der Waals surface area (Å²) in [6.45, 7) is 10.4. The van der Waals surface area contributed by atoms with Gasteiger partial charge < -0.3 is 24.7 Å². The van der Waals surface area contributed by atoms with E-state index in [0.29, 0.717) is 29.0 Å². The van der Waals surface area contributed by atoms with E-state index in [1.807, 2.05) is 43.5 Å². The number of carbonyl (C=O) groups is 2. The molecule has 0 unspecified atom stereocenters. The first-order valence-electron chi connectivity index (χ1n) is 12.0. The summed E-state index contributed by atoms with van der Waals surface area (Å²) in [5.41, 5.74) is 4.82. The van der Waals surface area contributed by atoms with Gasteiger partial charge in [-0.1, -0.05) is 41.6 Å². The molecular weight excluding hydrogens is 502 g/mol. The lowest BCUT2D eigenvalue weighted by Gasteiger charge is -2.13. The first-order chi connectivity index (χ1) is 18.2. The number of ether oxygens (including phenoxy) is 2. The van der Waals surface area contributed by atoms with E-state index in [2.05, 4.69) is 27.4 Å². The fourth-order valence-electron chi connectivity index (χ4n) is 3.91. The average molecular weight is 536 g/mol. The fraction of sp³-hybridized carbons (Fsp3) is 0.286. The molecule has 0 aliphatic rings. The minimum Gasteiger partial charge on any atom is -0.493 e. The number of methoxy groups -OCH3 is 2. The molecule has 0 spiro atoms. The maximum Gasteiger partial charge on any atom is 0.244 e. The Morgan fingerprint density at radius 1 is 1.05 bits per heavy atom. The number of carbonyl (C=O) groups excluding carboxylic acids is 2. The number of benzene rings is 2. The number of thioether (sulfide) groups is 1. The standard InChI is InChI=1S/C28H33N5O4S/c1-7-12-33-24(16-29-25(34)11-9-21-8-10-22(36-5)23(15-21)37-6)31-32-28(33)38-17-26(35)30-27-19(3)13-18(2)14-20(27)4/h7-11,13-15H,1,12,16-17H2,2-6H3,(H,29,34)(H,30,35). The van der Waals surface area contributed by atoms with Crippen molar-refractivity contribution in [2.24, 2.45) is 0 Å². The fourth-order valence-corrected chi connectivity index (χ4v) is 4.67. The van der Waals surface area contributed by atoms with Crippen molar-refractivity contribution in [2.45, 2.75) is 39.0 Å². The first kappa shape index (κ1) is 28.5. The normalized spacial score (nSPS) is 10.9. The summed E-state index contributed by atoms with van der Waals surface area (Å²) in [5.74, 6) is 1.50. The van der Waals surface area contributed by atoms with Crippen LogP contribution in [0.2, 0.25) is 0 Å². The zero-order valence-corrected chi connectivity index (χ0v) is 23.1. The van der Waals surface area contributed by atoms with Gasteiger partial charge >= 0.3 is 0 Å². The minimum atomic E-state index is -0.287. The predicted octanol–water partition coefficient (Wildman–Crippen LogP) is 4.47. The Morgan fingerprint density at radius 3 is 2.42 bits per heavy atom. The first-order valence-corrected chi connectivity index (χ1v) is 13.0. The van der Waals surface area contributed by atoms with Crippen LogP contribution in [-0.2, 0) is 22.7 Å². The van der Waals surface area contributed by atoms with E-state index >= 15 is 0 Å². The number of hydrogen-bond acceptors (Lipinski definition) is 7. The lowest BCUT2D eigenvalue weighted by Crippen LogP contribution is -2.23. The Bertz CT molecular complexity index is 1330. The van der Waals surface area contributed by atoms with Crippen molar-refractivity contribution in [3.05, 3.63) is 77.1 Å². The molecule has 9 nitrogen and oxygen atoms in total. The number of nitrogens with zero attached hydrogens (tertiary/aromatic N) is 3. The summed E-state index contributed by atoms with van der Waals surface area (Å²) < 4.78 is 12.4. The Hall–Kier alpha value is -4.05. The topological polar surface area (TPSA) is 107 Å². The van der Waals surface area contributed by atoms with Crippen LogP contribution in [0, 0.1) is 20.8 Å². The van der Waals surface area contributed by atoms with Gasteiger partial charge in [0.05, 0.1) is 26.5 Å². The SMILES string of the molecule is C=CCn1c(CNC(=O)C=Cc2ccc(OC)c(OC)c2)nnc1SCC(=O)Nc1c(C)cc(C)cc1C. The Morgan fingerprint density at radius 2 is 1.76 bits per heavy atom. The van der Waals surface area contributed by atoms with E-state index in [1.54, 1.807) is 38.5 Å². The number of aryl methyl sites for hydroxylation is 3. The van der Waals surface area contributed by atoms with Gasteiger partial charge in [-0.25, -0.2) is 0 Å². The van der Waals surface area contributed by atoms with E-state index in [-0.39, 0.29) is 24.1 Å². The smallest absolute Gasteiger partial charge is 0.244 e. The van der Waals surface area contributed by atoms with E-state index < -0.39 is 0 Å². The Labute approximate surface area is 227 Å². The molecule has 2 aromatic carbocycles. The van der Waals surface area contributed by atoms with Gasteiger partial charge in [-0.2, -0.15) is 0 Å². The molecule has 0 atom stereocenters. The number of hydrogen-bond donors (Lipinski definition) is 2. The molecule has 1 heterocycles. The van der Waals surface area contributed by atoms with Gasteiger partial charge in [0.15, 0.2) is 22.5 Å². The Balaban J connectivity index is 1.59. The number of aromatic nitrogens is 3. The minimum absolute atomic E-state index is 0.131. The highest BCUT2D eigenvalue weighted by atomic mass is 32.2. The van der Waals surface area contributed by atoms with E-state index in [4.69, 9.17) is 9.47 Å². The quantitative estimate of drug-likeness (QED) is 0.200. The van der Waals surface area contributed by atoms with Crippen molar-refractivity contribution in [1.29, 1.82) is 0 Å². The lowest BCUT2D eigenvalue weighted by molar-refractivity contribution is -0.116. The van der Waals surface area contributed by atoms with Crippen molar-refractivity contribution in [3.8, 4) is 11.5 Å². The molecule has 0 aliphatic heterocycles. The van der Waals surface area contributed by atoms with Gasteiger partial charge in [-0.3, -0.25) is 9.59 Å². The highest BCUT2D eigenvalue weighted by Crippen LogP contribution is 2.28. The van der Waals surface area contributed by atoms with Crippen LogP contribution in [0.5, 0.6) is 11.5 Å². The van der Waals surface area contributed by atoms with Crippen LogP contribution in [0.15, 0.2) is 54.2 Å². The molecule has 38 heavy (non-hydrogen) atoms. The van der Waals surface area contributed by atoms with Crippen molar-refractivity contribution in [1.82, 2.24) is 20.1 Å². The second-order valence-electron chi connectivity index (χ2n) is 8.57. The summed E-state index contributed by atoms with van der Waals surface area (Å²) in [6, 6.07) is 9.47. The molecule has 1 aromatic heterocycles. The van der Waals surface area contributed by atoms with E-state index in [1.165, 1.54) is 17.8 Å². The summed E-state index contributed by atoms with van der Waals surface area (Å²) in [5, 5.41) is 14.8.